The van der Waals surface area contributed by atoms with E-state index in [2.05, 4.69) is 10.3 Å². The molecule has 3 aromatic carbocycles. The second kappa shape index (κ2) is 9.37. The molecule has 7 heteroatoms. The van der Waals surface area contributed by atoms with E-state index in [0.29, 0.717) is 19.4 Å². The lowest BCUT2D eigenvalue weighted by Crippen LogP contribution is -2.52. The van der Waals surface area contributed by atoms with Gasteiger partial charge in [0.2, 0.25) is 15.9 Å². The van der Waals surface area contributed by atoms with Gasteiger partial charge < -0.3 is 5.32 Å². The van der Waals surface area contributed by atoms with Gasteiger partial charge in [0, 0.05) is 31.4 Å². The molecule has 0 spiro atoms. The lowest BCUT2D eigenvalue weighted by molar-refractivity contribution is -0.125. The maximum Gasteiger partial charge on any atom is 0.244 e. The van der Waals surface area contributed by atoms with Crippen LogP contribution in [0.15, 0.2) is 96.0 Å². The highest BCUT2D eigenvalue weighted by Crippen LogP contribution is 2.30. The van der Waals surface area contributed by atoms with Crippen molar-refractivity contribution in [3.63, 3.8) is 0 Å². The van der Waals surface area contributed by atoms with E-state index in [1.54, 1.807) is 18.3 Å². The van der Waals surface area contributed by atoms with E-state index < -0.39 is 16.1 Å². The number of sulfonamides is 1. The minimum atomic E-state index is -3.91. The predicted molar refractivity (Wildman–Crippen MR) is 132 cm³/mol. The maximum absolute atomic E-state index is 13.8. The Morgan fingerprint density at radius 3 is 2.44 bits per heavy atom. The molecule has 0 saturated carbocycles. The van der Waals surface area contributed by atoms with Gasteiger partial charge in [-0.05, 0) is 52.6 Å². The first-order chi connectivity index (χ1) is 16.5. The lowest BCUT2D eigenvalue weighted by atomic mass is 9.95. The van der Waals surface area contributed by atoms with Gasteiger partial charge >= 0.3 is 0 Å². The van der Waals surface area contributed by atoms with Crippen molar-refractivity contribution >= 4 is 26.7 Å². The number of hydrogen-bond donors (Lipinski definition) is 1. The van der Waals surface area contributed by atoms with Crippen molar-refractivity contribution in [3.05, 3.63) is 108 Å². The van der Waals surface area contributed by atoms with E-state index in [9.17, 15) is 13.2 Å². The summed E-state index contributed by atoms with van der Waals surface area (Å²) in [5.41, 5.74) is 2.79. The summed E-state index contributed by atoms with van der Waals surface area (Å²) in [6, 6.07) is 25.3. The Kier molecular flexibility index (Phi) is 6.13. The van der Waals surface area contributed by atoms with E-state index in [-0.39, 0.29) is 17.3 Å². The Morgan fingerprint density at radius 1 is 0.912 bits per heavy atom. The molecule has 1 atom stereocenters. The average molecular weight is 472 g/mol. The fourth-order valence-corrected chi connectivity index (χ4v) is 6.02. The van der Waals surface area contributed by atoms with Gasteiger partial charge in [-0.1, -0.05) is 60.7 Å². The molecule has 2 heterocycles. The molecule has 1 unspecified atom stereocenters. The lowest BCUT2D eigenvalue weighted by Gasteiger charge is -2.35. The summed E-state index contributed by atoms with van der Waals surface area (Å²) < 4.78 is 28.9. The molecule has 0 aliphatic carbocycles. The summed E-state index contributed by atoms with van der Waals surface area (Å²) >= 11 is 0. The first-order valence-electron chi connectivity index (χ1n) is 11.3. The molecule has 1 amide bonds. The third-order valence-corrected chi connectivity index (χ3v) is 8.09. The Balaban J connectivity index is 1.44. The molecule has 0 radical (unpaired) electrons. The highest BCUT2D eigenvalue weighted by Gasteiger charge is 2.39. The molecular formula is C27H25N3O3S. The standard InChI is InChI=1S/C27H25N3O3S/c31-27(29-16-14-24-11-5-6-15-28-24)26-18-22-9-3-4-10-23(22)19-30(26)34(32,33)25-13-12-20-7-1-2-8-21(20)17-25/h1-13,15,17,26H,14,16,18-19H2,(H,29,31). The molecule has 0 saturated heterocycles. The van der Waals surface area contributed by atoms with E-state index >= 15 is 0 Å². The smallest absolute Gasteiger partial charge is 0.244 e. The van der Waals surface area contributed by atoms with E-state index in [4.69, 9.17) is 0 Å². The number of hydrogen-bond acceptors (Lipinski definition) is 4. The van der Waals surface area contributed by atoms with Crippen molar-refractivity contribution in [1.29, 1.82) is 0 Å². The predicted octanol–water partition coefficient (Wildman–Crippen LogP) is 3.71. The number of pyridine rings is 1. The largest absolute Gasteiger partial charge is 0.354 e. The van der Waals surface area contributed by atoms with E-state index in [1.807, 2.05) is 72.8 Å². The fourth-order valence-electron chi connectivity index (χ4n) is 4.42. The molecule has 4 aromatic rings. The van der Waals surface area contributed by atoms with Gasteiger partial charge in [-0.15, -0.1) is 0 Å². The maximum atomic E-state index is 13.8. The second-order valence-electron chi connectivity index (χ2n) is 8.41. The van der Waals surface area contributed by atoms with Gasteiger partial charge in [-0.2, -0.15) is 4.31 Å². The normalized spacial score (nSPS) is 16.2. The van der Waals surface area contributed by atoms with Crippen LogP contribution in [0.2, 0.25) is 0 Å². The topological polar surface area (TPSA) is 79.4 Å². The van der Waals surface area contributed by atoms with Crippen LogP contribution < -0.4 is 5.32 Å². The van der Waals surface area contributed by atoms with Gasteiger partial charge in [0.05, 0.1) is 4.90 Å². The van der Waals surface area contributed by atoms with Gasteiger partial charge in [0.25, 0.3) is 0 Å². The van der Waals surface area contributed by atoms with Gasteiger partial charge in [-0.3, -0.25) is 9.78 Å². The number of fused-ring (bicyclic) bond motifs is 2. The van der Waals surface area contributed by atoms with Crippen LogP contribution in [-0.4, -0.2) is 36.2 Å². The second-order valence-corrected chi connectivity index (χ2v) is 10.3. The van der Waals surface area contributed by atoms with E-state index in [1.165, 1.54) is 4.31 Å². The molecule has 1 aliphatic rings. The van der Waals surface area contributed by atoms with Crippen LogP contribution in [0, 0.1) is 0 Å². The number of aromatic nitrogens is 1. The van der Waals surface area contributed by atoms with Crippen molar-refractivity contribution in [3.8, 4) is 0 Å². The van der Waals surface area contributed by atoms with Crippen molar-refractivity contribution in [2.75, 3.05) is 6.54 Å². The number of amides is 1. The minimum Gasteiger partial charge on any atom is -0.354 e. The Labute approximate surface area is 199 Å². The van der Waals surface area contributed by atoms with Crippen LogP contribution in [0.4, 0.5) is 0 Å². The minimum absolute atomic E-state index is 0.156. The average Bonchev–Trinajstić information content (AvgIpc) is 2.88. The summed E-state index contributed by atoms with van der Waals surface area (Å²) in [5, 5.41) is 4.74. The Bertz CT molecular complexity index is 1440. The van der Waals surface area contributed by atoms with Crippen molar-refractivity contribution in [1.82, 2.24) is 14.6 Å². The van der Waals surface area contributed by atoms with Crippen molar-refractivity contribution in [2.45, 2.75) is 30.3 Å². The zero-order valence-electron chi connectivity index (χ0n) is 18.6. The molecule has 6 nitrogen and oxygen atoms in total. The van der Waals surface area contributed by atoms with Crippen molar-refractivity contribution in [2.24, 2.45) is 0 Å². The molecule has 172 valence electrons. The number of benzene rings is 3. The summed E-state index contributed by atoms with van der Waals surface area (Å²) in [5.74, 6) is -0.296. The third kappa shape index (κ3) is 4.44. The third-order valence-electron chi connectivity index (χ3n) is 6.24. The molecule has 5 rings (SSSR count). The Morgan fingerprint density at radius 2 is 1.65 bits per heavy atom. The first kappa shape index (κ1) is 22.3. The van der Waals surface area contributed by atoms with Crippen molar-refractivity contribution < 1.29 is 13.2 Å². The molecular weight excluding hydrogens is 446 g/mol. The highest BCUT2D eigenvalue weighted by molar-refractivity contribution is 7.89. The molecule has 0 bridgehead atoms. The quantitative estimate of drug-likeness (QED) is 0.465. The summed E-state index contributed by atoms with van der Waals surface area (Å²) in [6.45, 7) is 0.543. The van der Waals surface area contributed by atoms with Crippen LogP contribution in [-0.2, 0) is 34.2 Å². The van der Waals surface area contributed by atoms with Crippen LogP contribution >= 0.6 is 0 Å². The number of carbonyl (C=O) groups is 1. The number of nitrogens with one attached hydrogen (secondary N) is 1. The summed E-state index contributed by atoms with van der Waals surface area (Å²) in [7, 11) is -3.91. The summed E-state index contributed by atoms with van der Waals surface area (Å²) in [6.07, 6.45) is 2.62. The fraction of sp³-hybridized carbons (Fsp3) is 0.185. The Hall–Kier alpha value is -3.55. The number of rotatable bonds is 6. The zero-order valence-corrected chi connectivity index (χ0v) is 19.4. The molecule has 1 aliphatic heterocycles. The molecule has 34 heavy (non-hydrogen) atoms. The van der Waals surface area contributed by atoms with Crippen LogP contribution in [0.5, 0.6) is 0 Å². The molecule has 0 fully saturated rings. The summed E-state index contributed by atoms with van der Waals surface area (Å²) in [4.78, 5) is 17.7. The van der Waals surface area contributed by atoms with Crippen LogP contribution in [0.3, 0.4) is 0 Å². The van der Waals surface area contributed by atoms with Crippen LogP contribution in [0.25, 0.3) is 10.8 Å². The number of nitrogens with zero attached hydrogens (tertiary/aromatic N) is 2. The molecule has 1 aromatic heterocycles. The SMILES string of the molecule is O=C(NCCc1ccccn1)C1Cc2ccccc2CN1S(=O)(=O)c1ccc2ccccc2c1. The number of carbonyl (C=O) groups excluding carboxylic acids is 1. The first-order valence-corrected chi connectivity index (χ1v) is 12.7. The van der Waals surface area contributed by atoms with Gasteiger partial charge in [-0.25, -0.2) is 8.42 Å². The monoisotopic (exact) mass is 471 g/mol. The highest BCUT2D eigenvalue weighted by atomic mass is 32.2. The van der Waals surface area contributed by atoms with Crippen LogP contribution in [0.1, 0.15) is 16.8 Å². The molecule has 1 N–H and O–H groups in total. The van der Waals surface area contributed by atoms with E-state index in [0.717, 1.165) is 27.6 Å². The van der Waals surface area contributed by atoms with Gasteiger partial charge in [0.1, 0.15) is 6.04 Å². The van der Waals surface area contributed by atoms with Gasteiger partial charge in [0.15, 0.2) is 0 Å². The zero-order chi connectivity index (χ0) is 23.5.